The van der Waals surface area contributed by atoms with Gasteiger partial charge in [0.15, 0.2) is 0 Å². The molecule has 0 bridgehead atoms. The molecule has 2 N–H and O–H groups in total. The van der Waals surface area contributed by atoms with Gasteiger partial charge in [0.25, 0.3) is 0 Å². The summed E-state index contributed by atoms with van der Waals surface area (Å²) < 4.78 is 13.4. The molecule has 2 aromatic carbocycles. The van der Waals surface area contributed by atoms with Gasteiger partial charge in [0.2, 0.25) is 0 Å². The van der Waals surface area contributed by atoms with Crippen LogP contribution in [0.25, 0.3) is 0 Å². The molecular weight excluding hydrogens is 275 g/mol. The van der Waals surface area contributed by atoms with Crippen LogP contribution < -0.4 is 10.6 Å². The van der Waals surface area contributed by atoms with Crippen LogP contribution >= 0.6 is 11.6 Å². The average molecular weight is 293 g/mol. The first kappa shape index (κ1) is 14.8. The normalized spacial score (nSPS) is 10.6. The minimum absolute atomic E-state index is 0.247. The van der Waals surface area contributed by atoms with Crippen LogP contribution in [-0.2, 0) is 6.42 Å². The maximum atomic E-state index is 13.4. The lowest BCUT2D eigenvalue weighted by Crippen LogP contribution is -2.19. The smallest absolute Gasteiger partial charge is 0.125 e. The summed E-state index contributed by atoms with van der Waals surface area (Å²) in [6.07, 6.45) is 0.695. The summed E-state index contributed by atoms with van der Waals surface area (Å²) in [7, 11) is 0. The van der Waals surface area contributed by atoms with Gasteiger partial charge in [0.05, 0.1) is 0 Å². The van der Waals surface area contributed by atoms with Crippen molar-refractivity contribution in [1.29, 1.82) is 0 Å². The molecule has 106 valence electrons. The van der Waals surface area contributed by atoms with Gasteiger partial charge in [0, 0.05) is 22.9 Å². The highest BCUT2D eigenvalue weighted by molar-refractivity contribution is 6.31. The molecule has 0 amide bonds. The third kappa shape index (κ3) is 3.11. The SMILES string of the molecule is CCN(c1cccc(F)c1)c1cccc(Cl)c1CCN. The second-order valence-electron chi connectivity index (χ2n) is 4.50. The average Bonchev–Trinajstić information content (AvgIpc) is 2.43. The van der Waals surface area contributed by atoms with E-state index in [4.69, 9.17) is 17.3 Å². The van der Waals surface area contributed by atoms with Gasteiger partial charge in [-0.15, -0.1) is 0 Å². The van der Waals surface area contributed by atoms with Gasteiger partial charge in [-0.1, -0.05) is 23.7 Å². The molecule has 2 aromatic rings. The lowest BCUT2D eigenvalue weighted by Gasteiger charge is -2.26. The van der Waals surface area contributed by atoms with Crippen LogP contribution in [0.2, 0.25) is 5.02 Å². The highest BCUT2D eigenvalue weighted by Crippen LogP contribution is 2.33. The fraction of sp³-hybridized carbons (Fsp3) is 0.250. The summed E-state index contributed by atoms with van der Waals surface area (Å²) in [4.78, 5) is 2.04. The Labute approximate surface area is 124 Å². The van der Waals surface area contributed by atoms with Crippen LogP contribution in [0, 0.1) is 5.82 Å². The molecule has 0 heterocycles. The van der Waals surface area contributed by atoms with Crippen LogP contribution in [0.1, 0.15) is 12.5 Å². The van der Waals surface area contributed by atoms with Gasteiger partial charge in [0.1, 0.15) is 5.82 Å². The van der Waals surface area contributed by atoms with Crippen molar-refractivity contribution in [2.45, 2.75) is 13.3 Å². The van der Waals surface area contributed by atoms with E-state index in [9.17, 15) is 4.39 Å². The zero-order valence-electron chi connectivity index (χ0n) is 11.4. The molecular formula is C16H18ClFN2. The van der Waals surface area contributed by atoms with Crippen molar-refractivity contribution in [3.63, 3.8) is 0 Å². The molecule has 0 spiro atoms. The number of hydrogen-bond donors (Lipinski definition) is 1. The Kier molecular flexibility index (Phi) is 4.99. The Hall–Kier alpha value is -1.58. The van der Waals surface area contributed by atoms with Crippen molar-refractivity contribution < 1.29 is 4.39 Å². The Morgan fingerprint density at radius 2 is 1.95 bits per heavy atom. The number of nitrogens with two attached hydrogens (primary N) is 1. The molecule has 2 rings (SSSR count). The van der Waals surface area contributed by atoms with Gasteiger partial charge in [-0.25, -0.2) is 4.39 Å². The number of hydrogen-bond acceptors (Lipinski definition) is 2. The molecule has 0 aromatic heterocycles. The van der Waals surface area contributed by atoms with Crippen LogP contribution in [0.4, 0.5) is 15.8 Å². The number of nitrogens with zero attached hydrogens (tertiary/aromatic N) is 1. The molecule has 0 radical (unpaired) electrons. The van der Waals surface area contributed by atoms with E-state index in [-0.39, 0.29) is 5.82 Å². The van der Waals surface area contributed by atoms with E-state index in [1.54, 1.807) is 6.07 Å². The van der Waals surface area contributed by atoms with Crippen LogP contribution in [0.5, 0.6) is 0 Å². The third-order valence-corrected chi connectivity index (χ3v) is 3.57. The zero-order valence-corrected chi connectivity index (χ0v) is 12.2. The molecule has 0 aliphatic carbocycles. The van der Waals surface area contributed by atoms with E-state index >= 15 is 0 Å². The lowest BCUT2D eigenvalue weighted by atomic mass is 10.1. The molecule has 4 heteroatoms. The van der Waals surface area contributed by atoms with E-state index in [0.717, 1.165) is 23.5 Å². The molecule has 0 atom stereocenters. The van der Waals surface area contributed by atoms with E-state index < -0.39 is 0 Å². The standard InChI is InChI=1S/C16H18ClFN2/c1-2-20(13-6-3-5-12(18)11-13)16-8-4-7-15(17)14(16)9-10-19/h3-8,11H,2,9-10,19H2,1H3. The molecule has 0 aliphatic rings. The molecule has 0 saturated carbocycles. The summed E-state index contributed by atoms with van der Waals surface area (Å²) >= 11 is 6.27. The Balaban J connectivity index is 2.49. The topological polar surface area (TPSA) is 29.3 Å². The maximum absolute atomic E-state index is 13.4. The highest BCUT2D eigenvalue weighted by Gasteiger charge is 2.14. The summed E-state index contributed by atoms with van der Waals surface area (Å²) in [6.45, 7) is 3.27. The fourth-order valence-corrected chi connectivity index (χ4v) is 2.59. The Morgan fingerprint density at radius 1 is 1.20 bits per heavy atom. The molecule has 0 saturated heterocycles. The number of anilines is 2. The number of halogens is 2. The third-order valence-electron chi connectivity index (χ3n) is 3.22. The fourth-order valence-electron chi connectivity index (χ4n) is 2.33. The van der Waals surface area contributed by atoms with Gasteiger partial charge in [-0.3, -0.25) is 0 Å². The van der Waals surface area contributed by atoms with Gasteiger partial charge < -0.3 is 10.6 Å². The first-order valence-electron chi connectivity index (χ1n) is 6.68. The quantitative estimate of drug-likeness (QED) is 0.897. The van der Waals surface area contributed by atoms with Crippen molar-refractivity contribution >= 4 is 23.0 Å². The molecule has 0 aliphatic heterocycles. The minimum atomic E-state index is -0.247. The van der Waals surface area contributed by atoms with Crippen molar-refractivity contribution in [1.82, 2.24) is 0 Å². The predicted octanol–water partition coefficient (Wildman–Crippen LogP) is 4.14. The Bertz CT molecular complexity index is 586. The van der Waals surface area contributed by atoms with Crippen molar-refractivity contribution in [2.75, 3.05) is 18.0 Å². The first-order chi connectivity index (χ1) is 9.67. The summed E-state index contributed by atoms with van der Waals surface area (Å²) in [6, 6.07) is 12.3. The highest BCUT2D eigenvalue weighted by atomic mass is 35.5. The molecule has 0 unspecified atom stereocenters. The van der Waals surface area contributed by atoms with Crippen molar-refractivity contribution in [2.24, 2.45) is 5.73 Å². The van der Waals surface area contributed by atoms with Crippen LogP contribution in [0.15, 0.2) is 42.5 Å². The van der Waals surface area contributed by atoms with Gasteiger partial charge in [-0.2, -0.15) is 0 Å². The largest absolute Gasteiger partial charge is 0.341 e. The lowest BCUT2D eigenvalue weighted by molar-refractivity contribution is 0.627. The van der Waals surface area contributed by atoms with E-state index in [0.29, 0.717) is 18.0 Å². The molecule has 20 heavy (non-hydrogen) atoms. The van der Waals surface area contributed by atoms with Gasteiger partial charge in [-0.05, 0) is 55.8 Å². The summed E-state index contributed by atoms with van der Waals surface area (Å²) in [5.74, 6) is -0.247. The van der Waals surface area contributed by atoms with Crippen molar-refractivity contribution in [3.05, 3.63) is 58.9 Å². The maximum Gasteiger partial charge on any atom is 0.125 e. The van der Waals surface area contributed by atoms with E-state index in [1.165, 1.54) is 12.1 Å². The Morgan fingerprint density at radius 3 is 2.60 bits per heavy atom. The minimum Gasteiger partial charge on any atom is -0.341 e. The van der Waals surface area contributed by atoms with Gasteiger partial charge >= 0.3 is 0 Å². The van der Waals surface area contributed by atoms with Crippen LogP contribution in [0.3, 0.4) is 0 Å². The number of benzene rings is 2. The second kappa shape index (κ2) is 6.73. The first-order valence-corrected chi connectivity index (χ1v) is 7.05. The zero-order chi connectivity index (χ0) is 14.5. The van der Waals surface area contributed by atoms with Crippen LogP contribution in [-0.4, -0.2) is 13.1 Å². The second-order valence-corrected chi connectivity index (χ2v) is 4.91. The van der Waals surface area contributed by atoms with E-state index in [1.807, 2.05) is 36.1 Å². The molecule has 2 nitrogen and oxygen atoms in total. The molecule has 0 fully saturated rings. The summed E-state index contributed by atoms with van der Waals surface area (Å²) in [5, 5.41) is 0.697. The predicted molar refractivity (Wildman–Crippen MR) is 83.3 cm³/mol. The van der Waals surface area contributed by atoms with Crippen molar-refractivity contribution in [3.8, 4) is 0 Å². The van der Waals surface area contributed by atoms with E-state index in [2.05, 4.69) is 0 Å². The summed E-state index contributed by atoms with van der Waals surface area (Å²) in [5.41, 5.74) is 8.46. The number of rotatable bonds is 5. The monoisotopic (exact) mass is 292 g/mol.